The second-order valence-corrected chi connectivity index (χ2v) is 3.62. The van der Waals surface area contributed by atoms with Crippen LogP contribution in [0.3, 0.4) is 0 Å². The summed E-state index contributed by atoms with van der Waals surface area (Å²) < 4.78 is 1.16. The van der Waals surface area contributed by atoms with Gasteiger partial charge in [0.2, 0.25) is 0 Å². The molecule has 0 fully saturated rings. The standard InChI is InChI=1S/C5H5BrS2/c6-4-1-5(2-7)8-3-4/h1,3,7H,2H2. The monoisotopic (exact) mass is 208 g/mol. The maximum Gasteiger partial charge on any atom is 0.0285 e. The second-order valence-electron chi connectivity index (χ2n) is 1.39. The lowest BCUT2D eigenvalue weighted by atomic mass is 10.5. The molecule has 8 heavy (non-hydrogen) atoms. The van der Waals surface area contributed by atoms with Crippen molar-refractivity contribution in [3.63, 3.8) is 0 Å². The van der Waals surface area contributed by atoms with Crippen LogP contribution in [0.4, 0.5) is 0 Å². The molecule has 0 N–H and O–H groups in total. The highest BCUT2D eigenvalue weighted by Crippen LogP contribution is 2.20. The summed E-state index contributed by atoms with van der Waals surface area (Å²) in [5.41, 5.74) is 0. The molecule has 0 aliphatic heterocycles. The molecule has 0 radical (unpaired) electrons. The fraction of sp³-hybridized carbons (Fsp3) is 0.200. The van der Waals surface area contributed by atoms with Crippen LogP contribution in [0.15, 0.2) is 15.9 Å². The van der Waals surface area contributed by atoms with E-state index in [0.29, 0.717) is 0 Å². The average Bonchev–Trinajstić information content (AvgIpc) is 2.14. The topological polar surface area (TPSA) is 0 Å². The molecule has 0 atom stereocenters. The summed E-state index contributed by atoms with van der Waals surface area (Å²) >= 11 is 9.19. The molecule has 1 rings (SSSR count). The third-order valence-electron chi connectivity index (χ3n) is 0.778. The van der Waals surface area contributed by atoms with Gasteiger partial charge >= 0.3 is 0 Å². The molecule has 44 valence electrons. The Balaban J connectivity index is 2.84. The zero-order valence-corrected chi connectivity index (χ0v) is 7.39. The minimum atomic E-state index is 0.844. The lowest BCUT2D eigenvalue weighted by Crippen LogP contribution is -1.60. The molecule has 0 aromatic carbocycles. The predicted octanol–water partition coefficient (Wildman–Crippen LogP) is 2.94. The summed E-state index contributed by atoms with van der Waals surface area (Å²) in [6, 6.07) is 2.08. The largest absolute Gasteiger partial charge is 0.174 e. The van der Waals surface area contributed by atoms with Crippen LogP contribution in [-0.4, -0.2) is 0 Å². The third-order valence-corrected chi connectivity index (χ3v) is 3.03. The second kappa shape index (κ2) is 2.90. The lowest BCUT2D eigenvalue weighted by molar-refractivity contribution is 1.56. The Morgan fingerprint density at radius 2 is 2.50 bits per heavy atom. The van der Waals surface area contributed by atoms with E-state index in [4.69, 9.17) is 0 Å². The molecule has 0 amide bonds. The fourth-order valence-corrected chi connectivity index (χ4v) is 2.06. The first-order valence-electron chi connectivity index (χ1n) is 2.16. The maximum atomic E-state index is 4.11. The van der Waals surface area contributed by atoms with Gasteiger partial charge in [-0.15, -0.1) is 11.3 Å². The molecular weight excluding hydrogens is 204 g/mol. The highest BCUT2D eigenvalue weighted by molar-refractivity contribution is 9.10. The average molecular weight is 209 g/mol. The van der Waals surface area contributed by atoms with Gasteiger partial charge in [0, 0.05) is 20.5 Å². The van der Waals surface area contributed by atoms with Crippen LogP contribution in [0.2, 0.25) is 0 Å². The predicted molar refractivity (Wildman–Crippen MR) is 44.7 cm³/mol. The van der Waals surface area contributed by atoms with Crippen molar-refractivity contribution in [1.29, 1.82) is 0 Å². The van der Waals surface area contributed by atoms with Gasteiger partial charge in [0.25, 0.3) is 0 Å². The van der Waals surface area contributed by atoms with E-state index in [1.165, 1.54) is 4.88 Å². The van der Waals surface area contributed by atoms with E-state index in [1.54, 1.807) is 11.3 Å². The van der Waals surface area contributed by atoms with Gasteiger partial charge in [-0.1, -0.05) is 0 Å². The molecule has 0 aliphatic rings. The van der Waals surface area contributed by atoms with E-state index in [1.807, 2.05) is 0 Å². The van der Waals surface area contributed by atoms with Crippen molar-refractivity contribution in [3.8, 4) is 0 Å². The summed E-state index contributed by atoms with van der Waals surface area (Å²) in [7, 11) is 0. The lowest BCUT2D eigenvalue weighted by Gasteiger charge is -1.78. The molecule has 0 spiro atoms. The maximum absolute atomic E-state index is 4.11. The van der Waals surface area contributed by atoms with E-state index < -0.39 is 0 Å². The first-order chi connectivity index (χ1) is 3.83. The van der Waals surface area contributed by atoms with Crippen LogP contribution in [0, 0.1) is 0 Å². The molecule has 1 aromatic rings. The Hall–Kier alpha value is 0.530. The van der Waals surface area contributed by atoms with Crippen molar-refractivity contribution in [2.24, 2.45) is 0 Å². The number of rotatable bonds is 1. The highest BCUT2D eigenvalue weighted by Gasteiger charge is 1.91. The smallest absolute Gasteiger partial charge is 0.0285 e. The van der Waals surface area contributed by atoms with Crippen molar-refractivity contribution >= 4 is 39.9 Å². The van der Waals surface area contributed by atoms with Gasteiger partial charge in [-0.3, -0.25) is 0 Å². The van der Waals surface area contributed by atoms with Gasteiger partial charge in [-0.2, -0.15) is 12.6 Å². The molecule has 3 heteroatoms. The normalized spacial score (nSPS) is 9.75. The van der Waals surface area contributed by atoms with Crippen LogP contribution in [-0.2, 0) is 5.75 Å². The first kappa shape index (κ1) is 6.65. The molecule has 0 nitrogen and oxygen atoms in total. The van der Waals surface area contributed by atoms with Gasteiger partial charge in [0.15, 0.2) is 0 Å². The van der Waals surface area contributed by atoms with Crippen LogP contribution >= 0.6 is 39.9 Å². The number of thiol groups is 1. The summed E-state index contributed by atoms with van der Waals surface area (Å²) in [4.78, 5) is 1.31. The molecule has 0 unspecified atom stereocenters. The van der Waals surface area contributed by atoms with E-state index >= 15 is 0 Å². The van der Waals surface area contributed by atoms with Crippen LogP contribution < -0.4 is 0 Å². The Labute approximate surface area is 66.5 Å². The first-order valence-corrected chi connectivity index (χ1v) is 4.47. The van der Waals surface area contributed by atoms with Crippen molar-refractivity contribution in [3.05, 3.63) is 20.8 Å². The zero-order valence-electron chi connectivity index (χ0n) is 4.10. The van der Waals surface area contributed by atoms with Crippen molar-refractivity contribution < 1.29 is 0 Å². The molecule has 0 saturated heterocycles. The van der Waals surface area contributed by atoms with Crippen molar-refractivity contribution in [2.75, 3.05) is 0 Å². The Bertz CT molecular complexity index is 171. The van der Waals surface area contributed by atoms with E-state index in [9.17, 15) is 0 Å². The molecule has 0 saturated carbocycles. The molecular formula is C5H5BrS2. The van der Waals surface area contributed by atoms with Crippen LogP contribution in [0.1, 0.15) is 4.88 Å². The summed E-state index contributed by atoms with van der Waals surface area (Å²) in [6.07, 6.45) is 0. The zero-order chi connectivity index (χ0) is 5.98. The van der Waals surface area contributed by atoms with E-state index in [-0.39, 0.29) is 0 Å². The molecule has 0 bridgehead atoms. The number of thiophene rings is 1. The van der Waals surface area contributed by atoms with Crippen molar-refractivity contribution in [2.45, 2.75) is 5.75 Å². The number of hydrogen-bond donors (Lipinski definition) is 1. The Morgan fingerprint density at radius 1 is 1.75 bits per heavy atom. The Morgan fingerprint density at radius 3 is 2.75 bits per heavy atom. The SMILES string of the molecule is SCc1cc(Br)cs1. The Kier molecular flexibility index (Phi) is 2.41. The van der Waals surface area contributed by atoms with Gasteiger partial charge in [0.1, 0.15) is 0 Å². The van der Waals surface area contributed by atoms with Crippen molar-refractivity contribution in [1.82, 2.24) is 0 Å². The highest BCUT2D eigenvalue weighted by atomic mass is 79.9. The molecule has 1 heterocycles. The minimum absolute atomic E-state index is 0.844. The quantitative estimate of drug-likeness (QED) is 0.675. The van der Waals surface area contributed by atoms with Crippen LogP contribution in [0.25, 0.3) is 0 Å². The van der Waals surface area contributed by atoms with Gasteiger partial charge in [-0.05, 0) is 22.0 Å². The minimum Gasteiger partial charge on any atom is -0.174 e. The van der Waals surface area contributed by atoms with Gasteiger partial charge in [-0.25, -0.2) is 0 Å². The number of hydrogen-bond acceptors (Lipinski definition) is 2. The van der Waals surface area contributed by atoms with Gasteiger partial charge in [0.05, 0.1) is 0 Å². The van der Waals surface area contributed by atoms with Crippen LogP contribution in [0.5, 0.6) is 0 Å². The molecule has 0 aliphatic carbocycles. The number of halogens is 1. The van der Waals surface area contributed by atoms with Gasteiger partial charge < -0.3 is 0 Å². The summed E-state index contributed by atoms with van der Waals surface area (Å²) in [5, 5.41) is 2.06. The van der Waals surface area contributed by atoms with E-state index in [0.717, 1.165) is 10.2 Å². The summed E-state index contributed by atoms with van der Waals surface area (Å²) in [5.74, 6) is 0.844. The van der Waals surface area contributed by atoms with E-state index in [2.05, 4.69) is 40.0 Å². The third kappa shape index (κ3) is 1.50. The summed E-state index contributed by atoms with van der Waals surface area (Å²) in [6.45, 7) is 0. The molecule has 1 aromatic heterocycles. The fourth-order valence-electron chi connectivity index (χ4n) is 0.437.